The topological polar surface area (TPSA) is 96.7 Å². The van der Waals surface area contributed by atoms with Crippen LogP contribution < -0.4 is 15.2 Å². The number of carbonyl (C=O) groups is 1. The molecule has 0 radical (unpaired) electrons. The van der Waals surface area contributed by atoms with Crippen LogP contribution in [0.2, 0.25) is 5.02 Å². The minimum atomic E-state index is -4.32. The highest BCUT2D eigenvalue weighted by Crippen LogP contribution is 2.30. The van der Waals surface area contributed by atoms with Crippen molar-refractivity contribution in [2.75, 3.05) is 36.3 Å². The second-order valence-corrected chi connectivity index (χ2v) is 14.0. The van der Waals surface area contributed by atoms with Crippen LogP contribution in [0.15, 0.2) is 82.5 Å². The Bertz CT molecular complexity index is 1840. The first kappa shape index (κ1) is 31.6. The lowest BCUT2D eigenvalue weighted by Gasteiger charge is -2.19. The Labute approximate surface area is 263 Å². The molecule has 44 heavy (non-hydrogen) atoms. The van der Waals surface area contributed by atoms with Crippen molar-refractivity contribution < 1.29 is 13.2 Å². The van der Waals surface area contributed by atoms with E-state index in [2.05, 4.69) is 24.1 Å². The number of halogens is 1. The number of carbonyl (C=O) groups excluding carboxylic acids is 1. The van der Waals surface area contributed by atoms with Gasteiger partial charge in [-0.2, -0.15) is 0 Å². The van der Waals surface area contributed by atoms with Crippen LogP contribution in [0.4, 0.5) is 11.4 Å². The average Bonchev–Trinajstić information content (AvgIpc) is 3.44. The number of amides is 1. The molecule has 3 aromatic carbocycles. The molecule has 2 atom stereocenters. The van der Waals surface area contributed by atoms with Crippen LogP contribution in [-0.4, -0.2) is 55.3 Å². The predicted molar refractivity (Wildman–Crippen MR) is 176 cm³/mol. The number of rotatable bonds is 9. The molecule has 4 aromatic rings. The molecule has 9 nitrogen and oxygen atoms in total. The van der Waals surface area contributed by atoms with E-state index < -0.39 is 21.5 Å². The number of para-hydroxylation sites is 1. The van der Waals surface area contributed by atoms with Gasteiger partial charge in [-0.05, 0) is 73.2 Å². The number of likely N-dealkylation sites (tertiary alicyclic amines) is 1. The molecule has 1 aromatic heterocycles. The molecule has 1 fully saturated rings. The van der Waals surface area contributed by atoms with Gasteiger partial charge in [-0.25, -0.2) is 13.1 Å². The van der Waals surface area contributed by atoms with Crippen molar-refractivity contribution in [1.29, 1.82) is 0 Å². The van der Waals surface area contributed by atoms with Gasteiger partial charge in [0.05, 0.1) is 16.4 Å². The summed E-state index contributed by atoms with van der Waals surface area (Å²) in [5.74, 6) is 0.916. The molecule has 2 heterocycles. The minimum Gasteiger partial charge on any atom is -0.322 e. The third-order valence-corrected chi connectivity index (χ3v) is 10.9. The first-order chi connectivity index (χ1) is 20.9. The van der Waals surface area contributed by atoms with Crippen molar-refractivity contribution >= 4 is 38.9 Å². The van der Waals surface area contributed by atoms with Crippen molar-refractivity contribution in [3.63, 3.8) is 0 Å². The summed E-state index contributed by atoms with van der Waals surface area (Å²) in [6.07, 6.45) is 0.865. The van der Waals surface area contributed by atoms with Crippen LogP contribution in [0.1, 0.15) is 35.5 Å². The molecule has 232 valence electrons. The van der Waals surface area contributed by atoms with Gasteiger partial charge in [0.1, 0.15) is 10.6 Å². The number of hydrogen-bond acceptors (Lipinski definition) is 5. The zero-order chi connectivity index (χ0) is 31.8. The highest BCUT2D eigenvalue weighted by atomic mass is 35.5. The fourth-order valence-electron chi connectivity index (χ4n) is 5.75. The lowest BCUT2D eigenvalue weighted by atomic mass is 10.0. The van der Waals surface area contributed by atoms with Crippen LogP contribution in [0.3, 0.4) is 0 Å². The molecule has 0 aliphatic carbocycles. The third kappa shape index (κ3) is 6.20. The van der Waals surface area contributed by atoms with Gasteiger partial charge in [-0.15, -0.1) is 0 Å². The van der Waals surface area contributed by atoms with E-state index in [0.29, 0.717) is 28.9 Å². The molecule has 0 spiro atoms. The molecular formula is C33H38ClN5O4S. The van der Waals surface area contributed by atoms with Crippen LogP contribution >= 0.6 is 11.6 Å². The van der Waals surface area contributed by atoms with Crippen molar-refractivity contribution in [2.45, 2.75) is 32.1 Å². The monoisotopic (exact) mass is 635 g/mol. The van der Waals surface area contributed by atoms with E-state index in [9.17, 15) is 18.0 Å². The summed E-state index contributed by atoms with van der Waals surface area (Å²) in [6.45, 7) is 9.40. The summed E-state index contributed by atoms with van der Waals surface area (Å²) in [7, 11) is -1.32. The number of nitrogens with one attached hydrogen (secondary N) is 1. The van der Waals surface area contributed by atoms with Gasteiger partial charge in [0.2, 0.25) is 0 Å². The zero-order valence-electron chi connectivity index (χ0n) is 25.6. The molecule has 0 bridgehead atoms. The molecule has 11 heteroatoms. The second kappa shape index (κ2) is 12.6. The fourth-order valence-corrected chi connectivity index (χ4v) is 7.50. The Kier molecular flexibility index (Phi) is 9.06. The van der Waals surface area contributed by atoms with Gasteiger partial charge in [-0.1, -0.05) is 55.8 Å². The number of anilines is 2. The van der Waals surface area contributed by atoms with E-state index in [0.717, 1.165) is 35.9 Å². The highest BCUT2D eigenvalue weighted by Gasteiger charge is 2.31. The minimum absolute atomic E-state index is 0.0167. The molecule has 1 aliphatic heterocycles. The van der Waals surface area contributed by atoms with Crippen molar-refractivity contribution in [1.82, 2.24) is 14.3 Å². The van der Waals surface area contributed by atoms with E-state index >= 15 is 0 Å². The number of nitrogens with zero attached hydrogens (tertiary/aromatic N) is 4. The summed E-state index contributed by atoms with van der Waals surface area (Å²) < 4.78 is 31.7. The van der Waals surface area contributed by atoms with Gasteiger partial charge >= 0.3 is 0 Å². The van der Waals surface area contributed by atoms with Gasteiger partial charge in [-0.3, -0.25) is 18.6 Å². The summed E-state index contributed by atoms with van der Waals surface area (Å²) in [4.78, 5) is 29.0. The Morgan fingerprint density at radius 2 is 1.68 bits per heavy atom. The van der Waals surface area contributed by atoms with Crippen molar-refractivity contribution in [3.05, 3.63) is 105 Å². The number of sulfonamides is 1. The maximum atomic E-state index is 13.9. The maximum Gasteiger partial charge on any atom is 0.296 e. The summed E-state index contributed by atoms with van der Waals surface area (Å²) in [5, 5.41) is 2.83. The van der Waals surface area contributed by atoms with E-state index in [1.807, 2.05) is 24.3 Å². The van der Waals surface area contributed by atoms with Crippen LogP contribution in [0.5, 0.6) is 0 Å². The Hall–Kier alpha value is -3.86. The zero-order valence-corrected chi connectivity index (χ0v) is 27.2. The first-order valence-electron chi connectivity index (χ1n) is 14.6. The van der Waals surface area contributed by atoms with Crippen molar-refractivity contribution in [2.24, 2.45) is 18.9 Å². The molecule has 2 unspecified atom stereocenters. The molecule has 1 amide bonds. The normalized spacial score (nSPS) is 17.1. The van der Waals surface area contributed by atoms with E-state index in [1.165, 1.54) is 29.9 Å². The number of benzene rings is 3. The van der Waals surface area contributed by atoms with Gasteiger partial charge in [0.25, 0.3) is 21.5 Å². The van der Waals surface area contributed by atoms with Crippen LogP contribution in [-0.2, 0) is 23.5 Å². The molecule has 1 aliphatic rings. The summed E-state index contributed by atoms with van der Waals surface area (Å²) in [6, 6.07) is 20.8. The highest BCUT2D eigenvalue weighted by molar-refractivity contribution is 7.93. The molecule has 0 saturated carbocycles. The smallest absolute Gasteiger partial charge is 0.296 e. The SMILES string of the molecule is Cc1c(N(C)S(=O)(=O)c2cc(C(=O)Nc3cccc(CCN4CC(C)C(C)C4)c3)ccc2Cl)c(=O)n(-c2ccccc2)n1C. The molecule has 1 N–H and O–H groups in total. The predicted octanol–water partition coefficient (Wildman–Crippen LogP) is 5.35. The second-order valence-electron chi connectivity index (χ2n) is 11.6. The third-order valence-electron chi connectivity index (χ3n) is 8.64. The van der Waals surface area contributed by atoms with Crippen LogP contribution in [0, 0.1) is 18.8 Å². The number of hydrogen-bond donors (Lipinski definition) is 1. The van der Waals surface area contributed by atoms with E-state index in [-0.39, 0.29) is 21.2 Å². The van der Waals surface area contributed by atoms with Gasteiger partial charge in [0, 0.05) is 45.0 Å². The quantitative estimate of drug-likeness (QED) is 0.268. The first-order valence-corrected chi connectivity index (χ1v) is 16.5. The van der Waals surface area contributed by atoms with Gasteiger partial charge < -0.3 is 10.2 Å². The fraction of sp³-hybridized carbons (Fsp3) is 0.333. The number of aromatic nitrogens is 2. The van der Waals surface area contributed by atoms with Gasteiger partial charge in [0.15, 0.2) is 0 Å². The Morgan fingerprint density at radius 1 is 1.00 bits per heavy atom. The molecular weight excluding hydrogens is 598 g/mol. The van der Waals surface area contributed by atoms with Crippen LogP contribution in [0.25, 0.3) is 5.69 Å². The lowest BCUT2D eigenvalue weighted by Crippen LogP contribution is -2.32. The maximum absolute atomic E-state index is 13.9. The van der Waals surface area contributed by atoms with Crippen molar-refractivity contribution in [3.8, 4) is 5.69 Å². The largest absolute Gasteiger partial charge is 0.322 e. The van der Waals surface area contributed by atoms with E-state index in [4.69, 9.17) is 11.6 Å². The summed E-state index contributed by atoms with van der Waals surface area (Å²) >= 11 is 6.39. The Morgan fingerprint density at radius 3 is 2.36 bits per heavy atom. The standard InChI is InChI=1S/C33H38ClN5O4S/c1-22-20-38(21-23(22)2)17-16-25-10-9-11-27(18-25)35-32(40)26-14-15-29(34)30(19-26)44(42,43)37(5)31-24(3)36(4)39(33(31)41)28-12-7-6-8-13-28/h6-15,18-19,22-23H,16-17,20-21H2,1-5H3,(H,35,40). The average molecular weight is 636 g/mol. The van der Waals surface area contributed by atoms with E-state index in [1.54, 1.807) is 49.0 Å². The summed E-state index contributed by atoms with van der Waals surface area (Å²) in [5.41, 5.74) is 2.38. The Balaban J connectivity index is 1.36. The molecule has 5 rings (SSSR count). The molecule has 1 saturated heterocycles. The lowest BCUT2D eigenvalue weighted by molar-refractivity contribution is 0.102.